The third-order valence-electron chi connectivity index (χ3n) is 21.3. The van der Waals surface area contributed by atoms with Crippen molar-refractivity contribution in [2.24, 2.45) is 21.0 Å². The molecule has 2 aliphatic heterocycles. The van der Waals surface area contributed by atoms with Crippen molar-refractivity contribution in [3.05, 3.63) is 146 Å². The summed E-state index contributed by atoms with van der Waals surface area (Å²) in [6.45, 7) is 20.2. The van der Waals surface area contributed by atoms with E-state index in [1.807, 2.05) is 123 Å². The van der Waals surface area contributed by atoms with Gasteiger partial charge >= 0.3 is 0 Å². The Balaban J connectivity index is 0.654. The second kappa shape index (κ2) is 51.5. The predicted octanol–water partition coefficient (Wildman–Crippen LogP) is 11.2. The quantitative estimate of drug-likeness (QED) is 0.0160. The lowest BCUT2D eigenvalue weighted by Crippen LogP contribution is -2.51. The molecule has 9 N–H and O–H groups in total. The molecule has 4 heterocycles. The van der Waals surface area contributed by atoms with Crippen molar-refractivity contribution in [1.82, 2.24) is 88.3 Å². The van der Waals surface area contributed by atoms with Crippen LogP contribution in [0, 0.1) is 10.8 Å². The highest BCUT2D eigenvalue weighted by atomic mass is 16.5. The molecule has 2 aromatic heterocycles. The summed E-state index contributed by atoms with van der Waals surface area (Å²) in [7, 11) is 1.62. The third kappa shape index (κ3) is 32.5. The minimum absolute atomic E-state index is 0.0623. The van der Waals surface area contributed by atoms with E-state index >= 15 is 0 Å². The van der Waals surface area contributed by atoms with Gasteiger partial charge in [0.1, 0.15) is 11.7 Å². The van der Waals surface area contributed by atoms with Crippen LogP contribution >= 0.6 is 0 Å². The lowest BCUT2D eigenvalue weighted by molar-refractivity contribution is -0.144. The SMILES string of the molecule is CCCN(CC(=O)NCCCNC(=O)CCCCN1NNN=C1C(C)(C)CCCCOc1cc(-c2ccccc2)cc(-c2ccccc2)n1)C(=O)CN(CCC)C(=O)CC[C@H](NC)C(=O)N(CCC)CC(=O)N(CCC)CC(=O)NCCCNC(=O)CCCCN1NNN=C1C(C)(C)CCCCOc1cc(-c2ccccc2)cc(-c2ccccc2)n1. The number of nitrogens with zero attached hydrogens (tertiary/aromatic N) is 10. The molecule has 6 aromatic rings. The Morgan fingerprint density at radius 2 is 0.769 bits per heavy atom. The van der Waals surface area contributed by atoms with Crippen molar-refractivity contribution in [2.75, 3.05) is 112 Å². The van der Waals surface area contributed by atoms with Crippen molar-refractivity contribution in [3.8, 4) is 56.5 Å². The van der Waals surface area contributed by atoms with E-state index in [0.717, 1.165) is 108 Å². The summed E-state index contributed by atoms with van der Waals surface area (Å²) in [6.07, 6.45) is 12.1. The number of hydrogen-bond donors (Lipinski definition) is 9. The molecule has 121 heavy (non-hydrogen) atoms. The fourth-order valence-corrected chi connectivity index (χ4v) is 14.7. The molecule has 0 spiro atoms. The Hall–Kier alpha value is -11.0. The zero-order valence-corrected chi connectivity index (χ0v) is 72.9. The number of carbonyl (C=O) groups is 8. The Morgan fingerprint density at radius 1 is 0.405 bits per heavy atom. The summed E-state index contributed by atoms with van der Waals surface area (Å²) in [5.41, 5.74) is 19.7. The molecule has 29 nitrogen and oxygen atoms in total. The molecule has 0 aliphatic carbocycles. The highest BCUT2D eigenvalue weighted by Crippen LogP contribution is 2.34. The summed E-state index contributed by atoms with van der Waals surface area (Å²) in [6, 6.07) is 48.1. The molecule has 0 unspecified atom stereocenters. The largest absolute Gasteiger partial charge is 0.478 e. The molecule has 1 atom stereocenters. The van der Waals surface area contributed by atoms with Gasteiger partial charge in [0.25, 0.3) is 0 Å². The van der Waals surface area contributed by atoms with Crippen molar-refractivity contribution < 1.29 is 47.8 Å². The number of ether oxygens (including phenoxy) is 2. The highest BCUT2D eigenvalue weighted by Gasteiger charge is 2.35. The van der Waals surface area contributed by atoms with Gasteiger partial charge in [-0.15, -0.1) is 21.3 Å². The Kier molecular flexibility index (Phi) is 40.7. The van der Waals surface area contributed by atoms with Crippen LogP contribution in [0.3, 0.4) is 0 Å². The Bertz CT molecular complexity index is 4140. The van der Waals surface area contributed by atoms with Gasteiger partial charge in [0.05, 0.1) is 56.8 Å². The number of hydrazone groups is 2. The van der Waals surface area contributed by atoms with Gasteiger partial charge < -0.3 is 55.7 Å². The topological polar surface area (TPSA) is 333 Å². The molecule has 0 bridgehead atoms. The van der Waals surface area contributed by atoms with Crippen LogP contribution in [0.15, 0.2) is 156 Å². The molecular weight excluding hydrogens is 1530 g/mol. The van der Waals surface area contributed by atoms with E-state index in [1.165, 1.54) is 19.6 Å². The van der Waals surface area contributed by atoms with Crippen molar-refractivity contribution in [2.45, 2.75) is 190 Å². The highest BCUT2D eigenvalue weighted by molar-refractivity contribution is 5.92. The molecule has 8 amide bonds. The molecule has 0 saturated heterocycles. The second-order valence-electron chi connectivity index (χ2n) is 32.2. The van der Waals surface area contributed by atoms with Crippen molar-refractivity contribution in [1.29, 1.82) is 0 Å². The maximum absolute atomic E-state index is 14.2. The van der Waals surface area contributed by atoms with Gasteiger partial charge in [-0.25, -0.2) is 21.0 Å². The molecule has 0 saturated carbocycles. The fraction of sp³-hybridized carbons (Fsp3) is 0.522. The summed E-state index contributed by atoms with van der Waals surface area (Å²) >= 11 is 0. The van der Waals surface area contributed by atoms with Gasteiger partial charge in [-0.3, -0.25) is 48.4 Å². The van der Waals surface area contributed by atoms with Crippen LogP contribution in [-0.4, -0.2) is 216 Å². The molecule has 8 rings (SSSR count). The molecule has 0 fully saturated rings. The summed E-state index contributed by atoms with van der Waals surface area (Å²) in [5, 5.41) is 27.9. The second-order valence-corrected chi connectivity index (χ2v) is 32.2. The number of pyridine rings is 2. The number of nitrogens with one attached hydrogen (secondary N) is 9. The number of hydrogen-bond acceptors (Lipinski definition) is 21. The lowest BCUT2D eigenvalue weighted by atomic mass is 9.85. The van der Waals surface area contributed by atoms with E-state index in [4.69, 9.17) is 19.4 Å². The minimum atomic E-state index is -0.826. The maximum atomic E-state index is 14.2. The number of aromatic nitrogens is 2. The van der Waals surface area contributed by atoms with Crippen LogP contribution in [0.2, 0.25) is 0 Å². The first kappa shape index (κ1) is 95.4. The summed E-state index contributed by atoms with van der Waals surface area (Å²) in [5.74, 6) is 0.670. The van der Waals surface area contributed by atoms with E-state index in [-0.39, 0.29) is 123 Å². The zero-order valence-electron chi connectivity index (χ0n) is 72.9. The average Bonchev–Trinajstić information content (AvgIpc) is 1.64. The first-order valence-corrected chi connectivity index (χ1v) is 43.7. The van der Waals surface area contributed by atoms with Gasteiger partial charge in [0.2, 0.25) is 59.0 Å². The first-order valence-electron chi connectivity index (χ1n) is 43.7. The van der Waals surface area contributed by atoms with E-state index < -0.39 is 6.04 Å². The first-order chi connectivity index (χ1) is 58.6. The van der Waals surface area contributed by atoms with Crippen LogP contribution in [0.5, 0.6) is 11.8 Å². The lowest BCUT2D eigenvalue weighted by Gasteiger charge is -2.30. The standard InChI is InChI=1S/C92H133N19O10/c1-10-54-106(66-81(114)96-52-34-50-94-79(112)44-26-30-58-110-89(100-102-104-110)91(5,6)48-28-32-60-120-83-64-74(70-36-18-14-19-37-70)62-77(98-83)72-40-22-16-23-41-72)86(117)68-108(56-12-3)85(116)47-46-76(93-9)88(119)109(57-13-4)69-87(118)107(55-11-2)67-82(115)97-53-35-51-95-80(113)45-27-31-59-111-90(101-103-105-111)92(7,8)49-29-33-61-121-84-65-75(71-38-20-15-21-39-71)63-78(99-84)73-42-24-17-25-43-73/h14-25,36-43,62-65,76,93,102-105H,10-13,26-35,44-61,66-69H2,1-9H3,(H,94,112)(H,95,113)(H,96,114)(H,97,115)/t76-/m0/s1. The molecule has 0 radical (unpaired) electrons. The number of unbranched alkanes of at least 4 members (excludes halogenated alkanes) is 4. The maximum Gasteiger partial charge on any atom is 0.242 e. The summed E-state index contributed by atoms with van der Waals surface area (Å²) < 4.78 is 12.5. The zero-order chi connectivity index (χ0) is 86.6. The van der Waals surface area contributed by atoms with E-state index in [0.29, 0.717) is 128 Å². The number of amidine groups is 2. The fourth-order valence-electron chi connectivity index (χ4n) is 14.7. The van der Waals surface area contributed by atoms with Crippen molar-refractivity contribution in [3.63, 3.8) is 0 Å². The number of benzene rings is 4. The van der Waals surface area contributed by atoms with E-state index in [2.05, 4.69) is 147 Å². The van der Waals surface area contributed by atoms with Crippen LogP contribution in [0.4, 0.5) is 0 Å². The summed E-state index contributed by atoms with van der Waals surface area (Å²) in [4.78, 5) is 124. The molecule has 29 heteroatoms. The van der Waals surface area contributed by atoms with Gasteiger partial charge in [0, 0.05) is 119 Å². The number of carbonyl (C=O) groups excluding carboxylic acids is 8. The minimum Gasteiger partial charge on any atom is -0.478 e. The number of rotatable bonds is 57. The Labute approximate surface area is 716 Å². The molecule has 4 aromatic carbocycles. The molecular formula is C92H133N19O10. The van der Waals surface area contributed by atoms with Crippen LogP contribution in [0.1, 0.15) is 184 Å². The number of amides is 8. The van der Waals surface area contributed by atoms with Gasteiger partial charge in [-0.05, 0) is 151 Å². The van der Waals surface area contributed by atoms with Crippen LogP contribution in [0.25, 0.3) is 44.8 Å². The van der Waals surface area contributed by atoms with E-state index in [9.17, 15) is 38.4 Å². The van der Waals surface area contributed by atoms with Crippen molar-refractivity contribution >= 4 is 58.9 Å². The van der Waals surface area contributed by atoms with E-state index in [1.54, 1.807) is 7.05 Å². The van der Waals surface area contributed by atoms with Gasteiger partial charge in [-0.2, -0.15) is 0 Å². The number of likely N-dealkylation sites (N-methyl/N-ethyl adjacent to an activating group) is 1. The normalized spacial score (nSPS) is 12.8. The molecule has 2 aliphatic rings. The molecule has 656 valence electrons. The predicted molar refractivity (Wildman–Crippen MR) is 476 cm³/mol. The van der Waals surface area contributed by atoms with Crippen LogP contribution < -0.4 is 58.2 Å². The average molecular weight is 1670 g/mol. The van der Waals surface area contributed by atoms with Gasteiger partial charge in [-0.1, -0.05) is 177 Å². The number of hydrazine groups is 4. The smallest absolute Gasteiger partial charge is 0.242 e. The Morgan fingerprint density at radius 3 is 1.16 bits per heavy atom. The van der Waals surface area contributed by atoms with Crippen LogP contribution in [-0.2, 0) is 38.4 Å². The van der Waals surface area contributed by atoms with Gasteiger partial charge in [0.15, 0.2) is 0 Å². The third-order valence-corrected chi connectivity index (χ3v) is 21.3. The monoisotopic (exact) mass is 1660 g/mol.